The lowest BCUT2D eigenvalue weighted by Crippen LogP contribution is -2.43. The van der Waals surface area contributed by atoms with Crippen LogP contribution in [-0.4, -0.2) is 33.2 Å². The molecule has 0 aliphatic carbocycles. The number of carbonyl (C=O) groups excluding carboxylic acids is 2. The predicted octanol–water partition coefficient (Wildman–Crippen LogP) is 2.93. The molecule has 3 rings (SSSR count). The minimum atomic E-state index is -1.34. The van der Waals surface area contributed by atoms with Gasteiger partial charge in [-0.2, -0.15) is 5.10 Å². The second kappa shape index (κ2) is 9.84. The van der Waals surface area contributed by atoms with Crippen molar-refractivity contribution in [2.24, 2.45) is 0 Å². The zero-order chi connectivity index (χ0) is 21.5. The van der Waals surface area contributed by atoms with Crippen molar-refractivity contribution in [2.45, 2.75) is 38.3 Å². The number of hydrogen-bond acceptors (Lipinski definition) is 4. The number of benzene rings is 2. The van der Waals surface area contributed by atoms with Gasteiger partial charge >= 0.3 is 0 Å². The van der Waals surface area contributed by atoms with Gasteiger partial charge in [-0.1, -0.05) is 67.6 Å². The van der Waals surface area contributed by atoms with Crippen molar-refractivity contribution < 1.29 is 14.7 Å². The Morgan fingerprint density at radius 1 is 1.00 bits per heavy atom. The van der Waals surface area contributed by atoms with Gasteiger partial charge in [-0.3, -0.25) is 14.7 Å². The number of nitrogens with one attached hydrogen (secondary N) is 3. The summed E-state index contributed by atoms with van der Waals surface area (Å²) in [6.07, 6.45) is -0.488. The fourth-order valence-electron chi connectivity index (χ4n) is 3.11. The zero-order valence-corrected chi connectivity index (χ0v) is 17.0. The first-order valence-corrected chi connectivity index (χ1v) is 9.87. The standard InChI is InChI=1S/C23H26N4O3/c1-15(13-17-9-5-3-6-10-17)19-14-20(27-26-19)25-22(29)16(2)24-23(30)21(28)18-11-7-4-8-12-18/h3-12,14-16,21,28H,13H2,1-2H3,(H,24,30)(H2,25,26,27,29). The highest BCUT2D eigenvalue weighted by Crippen LogP contribution is 2.21. The maximum atomic E-state index is 12.4. The summed E-state index contributed by atoms with van der Waals surface area (Å²) in [4.78, 5) is 24.6. The molecule has 3 aromatic rings. The van der Waals surface area contributed by atoms with Crippen LogP contribution in [0.4, 0.5) is 5.82 Å². The molecule has 1 aromatic heterocycles. The van der Waals surface area contributed by atoms with Crippen LogP contribution < -0.4 is 10.6 Å². The monoisotopic (exact) mass is 406 g/mol. The van der Waals surface area contributed by atoms with Gasteiger partial charge in [0.25, 0.3) is 5.91 Å². The second-order valence-electron chi connectivity index (χ2n) is 7.33. The topological polar surface area (TPSA) is 107 Å². The molecular formula is C23H26N4O3. The van der Waals surface area contributed by atoms with Gasteiger partial charge < -0.3 is 15.7 Å². The Morgan fingerprint density at radius 3 is 2.30 bits per heavy atom. The van der Waals surface area contributed by atoms with Gasteiger partial charge in [0.05, 0.1) is 0 Å². The van der Waals surface area contributed by atoms with E-state index in [-0.39, 0.29) is 5.92 Å². The van der Waals surface area contributed by atoms with Crippen LogP contribution in [0.15, 0.2) is 66.7 Å². The normalized spacial score (nSPS) is 13.8. The number of aromatic nitrogens is 2. The Balaban J connectivity index is 1.53. The zero-order valence-electron chi connectivity index (χ0n) is 17.0. The van der Waals surface area contributed by atoms with E-state index in [1.807, 2.05) is 18.2 Å². The summed E-state index contributed by atoms with van der Waals surface area (Å²) in [5, 5.41) is 22.4. The number of H-pyrrole nitrogens is 1. The molecule has 0 bridgehead atoms. The first kappa shape index (κ1) is 21.3. The van der Waals surface area contributed by atoms with E-state index >= 15 is 0 Å². The minimum absolute atomic E-state index is 0.198. The summed E-state index contributed by atoms with van der Waals surface area (Å²) in [5.74, 6) is -0.469. The molecule has 0 aliphatic rings. The molecule has 156 valence electrons. The van der Waals surface area contributed by atoms with Gasteiger partial charge in [0.1, 0.15) is 6.04 Å². The van der Waals surface area contributed by atoms with Crippen molar-refractivity contribution in [3.8, 4) is 0 Å². The number of aromatic amines is 1. The van der Waals surface area contributed by atoms with E-state index in [9.17, 15) is 14.7 Å². The third-order valence-corrected chi connectivity index (χ3v) is 4.88. The smallest absolute Gasteiger partial charge is 0.254 e. The quantitative estimate of drug-likeness (QED) is 0.461. The number of hydrogen-bond donors (Lipinski definition) is 4. The van der Waals surface area contributed by atoms with Gasteiger partial charge in [0.15, 0.2) is 11.9 Å². The highest BCUT2D eigenvalue weighted by atomic mass is 16.3. The molecule has 30 heavy (non-hydrogen) atoms. The van der Waals surface area contributed by atoms with E-state index < -0.39 is 24.0 Å². The van der Waals surface area contributed by atoms with Crippen LogP contribution in [0.2, 0.25) is 0 Å². The molecule has 0 radical (unpaired) electrons. The average Bonchev–Trinajstić information content (AvgIpc) is 3.23. The van der Waals surface area contributed by atoms with Crippen molar-refractivity contribution >= 4 is 17.6 Å². The number of amides is 2. The molecule has 7 nitrogen and oxygen atoms in total. The summed E-state index contributed by atoms with van der Waals surface area (Å²) in [6.45, 7) is 3.64. The number of nitrogens with zero attached hydrogens (tertiary/aromatic N) is 1. The van der Waals surface area contributed by atoms with E-state index in [1.165, 1.54) is 5.56 Å². The summed E-state index contributed by atoms with van der Waals surface area (Å²) in [7, 11) is 0. The van der Waals surface area contributed by atoms with Gasteiger partial charge in [-0.25, -0.2) is 0 Å². The minimum Gasteiger partial charge on any atom is -0.378 e. The Hall–Kier alpha value is -3.45. The number of anilines is 1. The lowest BCUT2D eigenvalue weighted by atomic mass is 9.98. The fourth-order valence-corrected chi connectivity index (χ4v) is 3.11. The number of carbonyl (C=O) groups is 2. The third-order valence-electron chi connectivity index (χ3n) is 4.88. The largest absolute Gasteiger partial charge is 0.378 e. The molecule has 0 saturated carbocycles. The summed E-state index contributed by atoms with van der Waals surface area (Å²) in [5.41, 5.74) is 2.59. The Labute approximate surface area is 175 Å². The van der Waals surface area contributed by atoms with Crippen LogP contribution in [0, 0.1) is 0 Å². The molecular weight excluding hydrogens is 380 g/mol. The molecule has 0 aliphatic heterocycles. The average molecular weight is 406 g/mol. The second-order valence-corrected chi connectivity index (χ2v) is 7.33. The fraction of sp³-hybridized carbons (Fsp3) is 0.261. The van der Waals surface area contributed by atoms with Gasteiger partial charge in [0, 0.05) is 17.7 Å². The van der Waals surface area contributed by atoms with Crippen LogP contribution in [0.3, 0.4) is 0 Å². The van der Waals surface area contributed by atoms with Crippen LogP contribution in [-0.2, 0) is 16.0 Å². The first-order valence-electron chi connectivity index (χ1n) is 9.87. The molecule has 3 atom stereocenters. The van der Waals surface area contributed by atoms with Crippen LogP contribution in [0.5, 0.6) is 0 Å². The first-order chi connectivity index (χ1) is 14.4. The molecule has 0 saturated heterocycles. The van der Waals surface area contributed by atoms with Crippen molar-refractivity contribution in [2.75, 3.05) is 5.32 Å². The van der Waals surface area contributed by atoms with Crippen molar-refractivity contribution in [1.29, 1.82) is 0 Å². The van der Waals surface area contributed by atoms with Gasteiger partial charge in [-0.05, 0) is 24.5 Å². The predicted molar refractivity (Wildman–Crippen MR) is 115 cm³/mol. The van der Waals surface area contributed by atoms with Crippen LogP contribution in [0.1, 0.15) is 42.7 Å². The van der Waals surface area contributed by atoms with E-state index in [1.54, 1.807) is 43.3 Å². The lowest BCUT2D eigenvalue weighted by molar-refractivity contribution is -0.132. The highest BCUT2D eigenvalue weighted by Gasteiger charge is 2.23. The maximum absolute atomic E-state index is 12.4. The van der Waals surface area contributed by atoms with E-state index in [2.05, 4.69) is 39.9 Å². The van der Waals surface area contributed by atoms with Crippen molar-refractivity contribution in [3.05, 3.63) is 83.6 Å². The Bertz CT molecular complexity index is 972. The van der Waals surface area contributed by atoms with Crippen LogP contribution >= 0.6 is 0 Å². The molecule has 7 heteroatoms. The van der Waals surface area contributed by atoms with Crippen molar-refractivity contribution in [1.82, 2.24) is 15.5 Å². The molecule has 3 unspecified atom stereocenters. The maximum Gasteiger partial charge on any atom is 0.254 e. The van der Waals surface area contributed by atoms with E-state index in [0.717, 1.165) is 12.1 Å². The summed E-state index contributed by atoms with van der Waals surface area (Å²) >= 11 is 0. The molecule has 0 spiro atoms. The van der Waals surface area contributed by atoms with Gasteiger partial charge in [0.2, 0.25) is 5.91 Å². The highest BCUT2D eigenvalue weighted by molar-refractivity contribution is 5.97. The SMILES string of the molecule is CC(NC(=O)C(O)c1ccccc1)C(=O)Nc1cc(C(C)Cc2ccccc2)[nH]n1. The molecule has 1 heterocycles. The summed E-state index contributed by atoms with van der Waals surface area (Å²) in [6, 6.07) is 19.7. The number of aliphatic hydroxyl groups is 1. The Morgan fingerprint density at radius 2 is 1.63 bits per heavy atom. The number of aliphatic hydroxyl groups excluding tert-OH is 1. The lowest BCUT2D eigenvalue weighted by Gasteiger charge is -2.16. The molecule has 0 fully saturated rings. The van der Waals surface area contributed by atoms with Gasteiger partial charge in [-0.15, -0.1) is 0 Å². The molecule has 4 N–H and O–H groups in total. The number of rotatable bonds is 8. The third kappa shape index (κ3) is 5.55. The van der Waals surface area contributed by atoms with E-state index in [4.69, 9.17) is 0 Å². The van der Waals surface area contributed by atoms with Crippen LogP contribution in [0.25, 0.3) is 0 Å². The summed E-state index contributed by atoms with van der Waals surface area (Å²) < 4.78 is 0. The van der Waals surface area contributed by atoms with Crippen molar-refractivity contribution in [3.63, 3.8) is 0 Å². The molecule has 2 aromatic carbocycles. The molecule has 2 amide bonds. The van der Waals surface area contributed by atoms with E-state index in [0.29, 0.717) is 11.4 Å². The Kier molecular flexibility index (Phi) is 6.98.